The summed E-state index contributed by atoms with van der Waals surface area (Å²) >= 11 is 1.37. The fourth-order valence-corrected chi connectivity index (χ4v) is 3.42. The Labute approximate surface area is 156 Å². The number of aromatic hydroxyl groups is 1. The number of thiophene rings is 1. The number of phenolic OH excluding ortho intramolecular Hbond substituents is 1. The molecule has 1 N–H and O–H groups in total. The summed E-state index contributed by atoms with van der Waals surface area (Å²) in [6, 6.07) is 14.9. The van der Waals surface area contributed by atoms with Crippen molar-refractivity contribution < 1.29 is 14.6 Å². The Morgan fingerprint density at radius 1 is 1.19 bits per heavy atom. The molecule has 0 saturated carbocycles. The third-order valence-electron chi connectivity index (χ3n) is 3.87. The fraction of sp³-hybridized carbons (Fsp3) is 0.143. The number of para-hydroxylation sites is 1. The predicted molar refractivity (Wildman–Crippen MR) is 106 cm³/mol. The van der Waals surface area contributed by atoms with E-state index in [1.54, 1.807) is 31.3 Å². The zero-order valence-corrected chi connectivity index (χ0v) is 15.4. The summed E-state index contributed by atoms with van der Waals surface area (Å²) in [5.41, 5.74) is 3.94. The van der Waals surface area contributed by atoms with Crippen molar-refractivity contribution in [3.05, 3.63) is 70.6 Å². The van der Waals surface area contributed by atoms with Gasteiger partial charge in [-0.15, -0.1) is 11.3 Å². The Morgan fingerprint density at radius 3 is 2.62 bits per heavy atom. The van der Waals surface area contributed by atoms with Gasteiger partial charge in [0, 0.05) is 22.7 Å². The van der Waals surface area contributed by atoms with Crippen molar-refractivity contribution in [2.75, 3.05) is 6.61 Å². The molecule has 0 spiro atoms. The first-order valence-corrected chi connectivity index (χ1v) is 9.15. The monoisotopic (exact) mass is 365 g/mol. The molecule has 0 bridgehead atoms. The van der Waals surface area contributed by atoms with E-state index in [0.29, 0.717) is 22.7 Å². The van der Waals surface area contributed by atoms with Gasteiger partial charge in [0.2, 0.25) is 0 Å². The maximum atomic E-state index is 12.5. The molecule has 0 saturated heterocycles. The van der Waals surface area contributed by atoms with E-state index in [-0.39, 0.29) is 5.75 Å². The summed E-state index contributed by atoms with van der Waals surface area (Å²) in [4.78, 5) is 17.0. The molecule has 0 aliphatic heterocycles. The van der Waals surface area contributed by atoms with Crippen molar-refractivity contribution in [3.8, 4) is 16.9 Å². The lowest BCUT2D eigenvalue weighted by Crippen LogP contribution is -2.05. The van der Waals surface area contributed by atoms with Gasteiger partial charge in [-0.25, -0.2) is 9.79 Å². The van der Waals surface area contributed by atoms with Crippen LogP contribution >= 0.6 is 11.3 Å². The number of ether oxygens (including phenoxy) is 1. The molecular formula is C21H19NO3S. The first kappa shape index (κ1) is 17.9. The first-order chi connectivity index (χ1) is 12.6. The zero-order valence-electron chi connectivity index (χ0n) is 14.6. The quantitative estimate of drug-likeness (QED) is 0.489. The summed E-state index contributed by atoms with van der Waals surface area (Å²) in [6.07, 6.45) is 1.56. The molecule has 0 aliphatic rings. The second-order valence-electron chi connectivity index (χ2n) is 5.73. The number of carbonyl (C=O) groups excluding carboxylic acids is 1. The molecule has 3 rings (SSSR count). The van der Waals surface area contributed by atoms with Crippen LogP contribution in [0.4, 0.5) is 5.00 Å². The molecule has 0 atom stereocenters. The van der Waals surface area contributed by atoms with Gasteiger partial charge in [0.1, 0.15) is 16.3 Å². The van der Waals surface area contributed by atoms with Gasteiger partial charge in [-0.2, -0.15) is 0 Å². The van der Waals surface area contributed by atoms with Gasteiger partial charge < -0.3 is 9.84 Å². The molecule has 0 aliphatic carbocycles. The second kappa shape index (κ2) is 7.97. The van der Waals surface area contributed by atoms with E-state index in [1.807, 2.05) is 42.6 Å². The molecule has 0 fully saturated rings. The number of hydrogen-bond donors (Lipinski definition) is 1. The van der Waals surface area contributed by atoms with Gasteiger partial charge in [-0.05, 0) is 31.5 Å². The number of benzene rings is 2. The molecule has 132 valence electrons. The Bertz CT molecular complexity index is 942. The zero-order chi connectivity index (χ0) is 18.5. The van der Waals surface area contributed by atoms with E-state index in [2.05, 4.69) is 4.99 Å². The number of carbonyl (C=O) groups is 1. The minimum atomic E-state index is -0.395. The number of rotatable bonds is 5. The lowest BCUT2D eigenvalue weighted by molar-refractivity contribution is 0.0529. The third-order valence-corrected chi connectivity index (χ3v) is 4.76. The van der Waals surface area contributed by atoms with E-state index in [0.717, 1.165) is 16.7 Å². The molecule has 26 heavy (non-hydrogen) atoms. The number of nitrogens with zero attached hydrogens (tertiary/aromatic N) is 1. The number of hydrogen-bond acceptors (Lipinski definition) is 5. The van der Waals surface area contributed by atoms with Crippen molar-refractivity contribution >= 4 is 28.5 Å². The highest BCUT2D eigenvalue weighted by atomic mass is 32.1. The number of esters is 1. The molecule has 0 radical (unpaired) electrons. The molecule has 5 heteroatoms. The Hall–Kier alpha value is -2.92. The van der Waals surface area contributed by atoms with Gasteiger partial charge in [0.25, 0.3) is 0 Å². The largest absolute Gasteiger partial charge is 0.507 e. The topological polar surface area (TPSA) is 58.9 Å². The van der Waals surface area contributed by atoms with Crippen LogP contribution in [0.25, 0.3) is 11.1 Å². The van der Waals surface area contributed by atoms with E-state index < -0.39 is 5.97 Å². The summed E-state index contributed by atoms with van der Waals surface area (Å²) in [5.74, 6) is -0.252. The van der Waals surface area contributed by atoms with Crippen LogP contribution in [-0.4, -0.2) is 23.9 Å². The molecule has 1 heterocycles. The SMILES string of the molecule is CCOC(=O)c1c(-c2ccc(C)cc2)csc1/N=C/c1ccccc1O. The summed E-state index contributed by atoms with van der Waals surface area (Å²) < 4.78 is 5.23. The highest BCUT2D eigenvalue weighted by Crippen LogP contribution is 2.38. The molecule has 1 aromatic heterocycles. The normalized spacial score (nSPS) is 11.0. The highest BCUT2D eigenvalue weighted by Gasteiger charge is 2.21. The Kier molecular flexibility index (Phi) is 5.49. The summed E-state index contributed by atoms with van der Waals surface area (Å²) in [5, 5.41) is 12.3. The van der Waals surface area contributed by atoms with Gasteiger partial charge in [0.15, 0.2) is 0 Å². The molecule has 2 aromatic carbocycles. The molecule has 0 unspecified atom stereocenters. The van der Waals surface area contributed by atoms with Crippen LogP contribution < -0.4 is 0 Å². The van der Waals surface area contributed by atoms with Crippen LogP contribution in [0.15, 0.2) is 58.9 Å². The third kappa shape index (κ3) is 3.83. The van der Waals surface area contributed by atoms with E-state index in [4.69, 9.17) is 4.74 Å². The first-order valence-electron chi connectivity index (χ1n) is 8.28. The average Bonchev–Trinajstić information content (AvgIpc) is 3.06. The van der Waals surface area contributed by atoms with Crippen LogP contribution in [0.2, 0.25) is 0 Å². The highest BCUT2D eigenvalue weighted by molar-refractivity contribution is 7.14. The van der Waals surface area contributed by atoms with Crippen molar-refractivity contribution in [3.63, 3.8) is 0 Å². The van der Waals surface area contributed by atoms with Crippen molar-refractivity contribution in [1.82, 2.24) is 0 Å². The minimum Gasteiger partial charge on any atom is -0.507 e. The molecule has 0 amide bonds. The Balaban J connectivity index is 2.04. The number of aliphatic imine (C=N–C) groups is 1. The van der Waals surface area contributed by atoms with Crippen LogP contribution in [0.3, 0.4) is 0 Å². The van der Waals surface area contributed by atoms with Gasteiger partial charge in [-0.3, -0.25) is 0 Å². The maximum Gasteiger partial charge on any atom is 0.341 e. The molecule has 3 aromatic rings. The average molecular weight is 365 g/mol. The molecular weight excluding hydrogens is 346 g/mol. The maximum absolute atomic E-state index is 12.5. The Morgan fingerprint density at radius 2 is 1.92 bits per heavy atom. The second-order valence-corrected chi connectivity index (χ2v) is 6.59. The lowest BCUT2D eigenvalue weighted by atomic mass is 10.0. The summed E-state index contributed by atoms with van der Waals surface area (Å²) in [6.45, 7) is 4.09. The predicted octanol–water partition coefficient (Wildman–Crippen LogP) is 5.36. The van der Waals surface area contributed by atoms with Crippen LogP contribution in [0.5, 0.6) is 5.75 Å². The van der Waals surface area contributed by atoms with Gasteiger partial charge >= 0.3 is 5.97 Å². The van der Waals surface area contributed by atoms with Crippen LogP contribution in [0.1, 0.15) is 28.4 Å². The van der Waals surface area contributed by atoms with Crippen LogP contribution in [0, 0.1) is 6.92 Å². The van der Waals surface area contributed by atoms with Crippen molar-refractivity contribution in [2.45, 2.75) is 13.8 Å². The van der Waals surface area contributed by atoms with E-state index in [9.17, 15) is 9.90 Å². The van der Waals surface area contributed by atoms with Crippen LogP contribution in [-0.2, 0) is 4.74 Å². The fourth-order valence-electron chi connectivity index (χ4n) is 2.51. The smallest absolute Gasteiger partial charge is 0.341 e. The minimum absolute atomic E-state index is 0.143. The summed E-state index contributed by atoms with van der Waals surface area (Å²) in [7, 11) is 0. The molecule has 4 nitrogen and oxygen atoms in total. The van der Waals surface area contributed by atoms with Crippen molar-refractivity contribution in [2.24, 2.45) is 4.99 Å². The van der Waals surface area contributed by atoms with Crippen molar-refractivity contribution in [1.29, 1.82) is 0 Å². The van der Waals surface area contributed by atoms with E-state index >= 15 is 0 Å². The van der Waals surface area contributed by atoms with E-state index in [1.165, 1.54) is 11.3 Å². The van der Waals surface area contributed by atoms with Gasteiger partial charge in [0.05, 0.1) is 6.61 Å². The lowest BCUT2D eigenvalue weighted by Gasteiger charge is -2.06. The standard InChI is InChI=1S/C21H19NO3S/c1-3-25-21(24)19-17(15-10-8-14(2)9-11-15)13-26-20(19)22-12-16-6-4-5-7-18(16)23/h4-13,23H,3H2,1-2H3/b22-12+. The number of phenols is 1. The number of aryl methyl sites for hydroxylation is 1. The van der Waals surface area contributed by atoms with Gasteiger partial charge in [-0.1, -0.05) is 42.0 Å².